The Hall–Kier alpha value is -2.43. The van der Waals surface area contributed by atoms with Crippen molar-refractivity contribution in [3.8, 4) is 16.9 Å². The third kappa shape index (κ3) is 2.66. The molecule has 26 heavy (non-hydrogen) atoms. The molecule has 0 saturated carbocycles. The van der Waals surface area contributed by atoms with Gasteiger partial charge in [-0.05, 0) is 53.6 Å². The molecule has 2 aromatic carbocycles. The maximum atomic E-state index is 5.81. The summed E-state index contributed by atoms with van der Waals surface area (Å²) in [4.78, 5) is 4.74. The topological polar surface area (TPSA) is 48.1 Å². The highest BCUT2D eigenvalue weighted by atomic mass is 32.1. The molecule has 132 valence electrons. The Balaban J connectivity index is 2.04. The zero-order valence-electron chi connectivity index (χ0n) is 15.2. The van der Waals surface area contributed by atoms with Crippen LogP contribution in [0, 0.1) is 6.92 Å². The highest BCUT2D eigenvalue weighted by Crippen LogP contribution is 2.42. The maximum Gasteiger partial charge on any atom is 0.127 e. The van der Waals surface area contributed by atoms with Gasteiger partial charge in [-0.25, -0.2) is 0 Å². The molecule has 0 aliphatic rings. The molecule has 0 fully saturated rings. The number of rotatable bonds is 4. The number of nitrogens with zero attached hydrogens (tertiary/aromatic N) is 1. The largest absolute Gasteiger partial charge is 0.496 e. The van der Waals surface area contributed by atoms with Gasteiger partial charge in [0.2, 0.25) is 0 Å². The molecule has 2 aromatic heterocycles. The molecule has 0 amide bonds. The average Bonchev–Trinajstić information content (AvgIpc) is 3.16. The second-order valence-corrected chi connectivity index (χ2v) is 7.66. The standard InChI is InChI=1S/C22H22N2OS/c1-13-10-18(25-3)20(16-6-4-15(5-7-16)14(2)11-23)21-17-8-9-26-19(17)12-24-22(13)21/h4-10,12,14H,11,23H2,1-3H3/t14-/m0/s1. The van der Waals surface area contributed by atoms with E-state index >= 15 is 0 Å². The summed E-state index contributed by atoms with van der Waals surface area (Å²) < 4.78 is 6.96. The highest BCUT2D eigenvalue weighted by molar-refractivity contribution is 7.17. The van der Waals surface area contributed by atoms with Gasteiger partial charge in [-0.3, -0.25) is 4.98 Å². The van der Waals surface area contributed by atoms with E-state index in [1.54, 1.807) is 18.4 Å². The molecule has 0 radical (unpaired) electrons. The van der Waals surface area contributed by atoms with Gasteiger partial charge >= 0.3 is 0 Å². The number of benzene rings is 2. The number of hydrogen-bond donors (Lipinski definition) is 1. The summed E-state index contributed by atoms with van der Waals surface area (Å²) >= 11 is 1.72. The van der Waals surface area contributed by atoms with Gasteiger partial charge in [-0.15, -0.1) is 11.3 Å². The van der Waals surface area contributed by atoms with Crippen LogP contribution in [0.1, 0.15) is 24.0 Å². The number of hydrogen-bond acceptors (Lipinski definition) is 4. The maximum absolute atomic E-state index is 5.81. The number of pyridine rings is 1. The molecule has 4 aromatic rings. The summed E-state index contributed by atoms with van der Waals surface area (Å²) in [6, 6.07) is 12.9. The number of methoxy groups -OCH3 is 1. The first kappa shape index (κ1) is 17.0. The van der Waals surface area contributed by atoms with Crippen LogP contribution in [-0.4, -0.2) is 18.6 Å². The first-order valence-electron chi connectivity index (χ1n) is 8.78. The molecule has 0 unspecified atom stereocenters. The lowest BCUT2D eigenvalue weighted by molar-refractivity contribution is 0.416. The second kappa shape index (κ2) is 6.71. The van der Waals surface area contributed by atoms with Crippen molar-refractivity contribution in [1.29, 1.82) is 0 Å². The van der Waals surface area contributed by atoms with E-state index < -0.39 is 0 Å². The van der Waals surface area contributed by atoms with E-state index in [1.165, 1.54) is 21.0 Å². The van der Waals surface area contributed by atoms with Crippen molar-refractivity contribution in [2.75, 3.05) is 13.7 Å². The zero-order valence-corrected chi connectivity index (χ0v) is 16.1. The van der Waals surface area contributed by atoms with Gasteiger partial charge in [0.05, 0.1) is 17.3 Å². The zero-order chi connectivity index (χ0) is 18.3. The van der Waals surface area contributed by atoms with Crippen LogP contribution < -0.4 is 10.5 Å². The van der Waals surface area contributed by atoms with Crippen molar-refractivity contribution in [3.63, 3.8) is 0 Å². The Morgan fingerprint density at radius 1 is 1.19 bits per heavy atom. The number of fused-ring (bicyclic) bond motifs is 3. The van der Waals surface area contributed by atoms with Crippen molar-refractivity contribution >= 4 is 32.3 Å². The number of nitrogens with two attached hydrogens (primary N) is 1. The van der Waals surface area contributed by atoms with Crippen molar-refractivity contribution in [2.24, 2.45) is 5.73 Å². The number of aromatic nitrogens is 1. The summed E-state index contributed by atoms with van der Waals surface area (Å²) in [5, 5.41) is 4.52. The third-order valence-electron chi connectivity index (χ3n) is 5.07. The van der Waals surface area contributed by atoms with Crippen molar-refractivity contribution in [3.05, 3.63) is 59.1 Å². The van der Waals surface area contributed by atoms with Crippen molar-refractivity contribution in [2.45, 2.75) is 19.8 Å². The Bertz CT molecular complexity index is 1080. The van der Waals surface area contributed by atoms with E-state index in [1.807, 2.05) is 6.20 Å². The monoisotopic (exact) mass is 362 g/mol. The van der Waals surface area contributed by atoms with Crippen LogP contribution in [-0.2, 0) is 0 Å². The Kier molecular flexibility index (Phi) is 4.39. The molecule has 4 heteroatoms. The lowest BCUT2D eigenvalue weighted by Gasteiger charge is -2.16. The van der Waals surface area contributed by atoms with Crippen LogP contribution in [0.5, 0.6) is 5.75 Å². The molecule has 0 saturated heterocycles. The van der Waals surface area contributed by atoms with Crippen LogP contribution in [0.4, 0.5) is 0 Å². The molecule has 2 N–H and O–H groups in total. The minimum Gasteiger partial charge on any atom is -0.496 e. The van der Waals surface area contributed by atoms with Crippen LogP contribution in [0.3, 0.4) is 0 Å². The summed E-state index contributed by atoms with van der Waals surface area (Å²) in [7, 11) is 1.73. The summed E-state index contributed by atoms with van der Waals surface area (Å²) in [6.45, 7) is 4.89. The molecule has 0 bridgehead atoms. The Morgan fingerprint density at radius 3 is 2.65 bits per heavy atom. The molecule has 0 aliphatic heterocycles. The van der Waals surface area contributed by atoms with Crippen molar-refractivity contribution < 1.29 is 4.74 Å². The highest BCUT2D eigenvalue weighted by Gasteiger charge is 2.17. The van der Waals surface area contributed by atoms with E-state index in [2.05, 4.69) is 55.6 Å². The van der Waals surface area contributed by atoms with Crippen LogP contribution in [0.2, 0.25) is 0 Å². The van der Waals surface area contributed by atoms with Gasteiger partial charge in [0.25, 0.3) is 0 Å². The normalized spacial score (nSPS) is 12.6. The van der Waals surface area contributed by atoms with Gasteiger partial charge in [-0.1, -0.05) is 31.2 Å². The smallest absolute Gasteiger partial charge is 0.127 e. The van der Waals surface area contributed by atoms with E-state index in [0.29, 0.717) is 12.5 Å². The molecule has 2 heterocycles. The van der Waals surface area contributed by atoms with Crippen LogP contribution in [0.25, 0.3) is 32.1 Å². The van der Waals surface area contributed by atoms with Crippen LogP contribution in [0.15, 0.2) is 48.0 Å². The fourth-order valence-electron chi connectivity index (χ4n) is 3.52. The lowest BCUT2D eigenvalue weighted by Crippen LogP contribution is -2.08. The lowest BCUT2D eigenvalue weighted by atomic mass is 9.93. The molecular formula is C22H22N2OS. The van der Waals surface area contributed by atoms with Gasteiger partial charge in [0.1, 0.15) is 5.75 Å². The van der Waals surface area contributed by atoms with E-state index in [9.17, 15) is 0 Å². The predicted molar refractivity (Wildman–Crippen MR) is 111 cm³/mol. The first-order valence-corrected chi connectivity index (χ1v) is 9.66. The van der Waals surface area contributed by atoms with Gasteiger partial charge in [-0.2, -0.15) is 0 Å². The third-order valence-corrected chi connectivity index (χ3v) is 5.92. The minimum absolute atomic E-state index is 0.353. The van der Waals surface area contributed by atoms with E-state index in [0.717, 1.165) is 28.0 Å². The van der Waals surface area contributed by atoms with Gasteiger partial charge in [0.15, 0.2) is 0 Å². The molecule has 0 spiro atoms. The predicted octanol–water partition coefficient (Wildman–Crippen LogP) is 5.50. The van der Waals surface area contributed by atoms with E-state index in [-0.39, 0.29) is 0 Å². The summed E-state index contributed by atoms with van der Waals surface area (Å²) in [5.74, 6) is 1.24. The Morgan fingerprint density at radius 2 is 1.96 bits per heavy atom. The van der Waals surface area contributed by atoms with Gasteiger partial charge in [0, 0.05) is 22.5 Å². The van der Waals surface area contributed by atoms with Crippen LogP contribution >= 0.6 is 11.3 Å². The fraction of sp³-hybridized carbons (Fsp3) is 0.227. The average molecular weight is 362 g/mol. The van der Waals surface area contributed by atoms with Crippen molar-refractivity contribution in [1.82, 2.24) is 4.98 Å². The van der Waals surface area contributed by atoms with E-state index in [4.69, 9.17) is 15.5 Å². The summed E-state index contributed by atoms with van der Waals surface area (Å²) in [6.07, 6.45) is 1.97. The fourth-order valence-corrected chi connectivity index (χ4v) is 4.28. The summed E-state index contributed by atoms with van der Waals surface area (Å²) in [5.41, 5.74) is 11.5. The molecular weight excluding hydrogens is 340 g/mol. The first-order chi connectivity index (χ1) is 12.6. The van der Waals surface area contributed by atoms with Gasteiger partial charge < -0.3 is 10.5 Å². The Labute approximate surface area is 157 Å². The molecule has 0 aliphatic carbocycles. The molecule has 1 atom stereocenters. The second-order valence-electron chi connectivity index (χ2n) is 6.71. The number of ether oxygens (including phenoxy) is 1. The minimum atomic E-state index is 0.353. The quantitative estimate of drug-likeness (QED) is 0.522. The number of thiophene rings is 1. The molecule has 4 rings (SSSR count). The SMILES string of the molecule is COc1cc(C)c2ncc3sccc3c2c1-c1ccc([C@@H](C)CN)cc1. The number of aryl methyl sites for hydroxylation is 1. The molecule has 3 nitrogen and oxygen atoms in total.